The third-order valence-electron chi connectivity index (χ3n) is 10.5. The number of rotatable bonds is 16. The molecule has 2 aliphatic rings. The van der Waals surface area contributed by atoms with E-state index in [9.17, 15) is 19.2 Å². The van der Waals surface area contributed by atoms with Gasteiger partial charge in [0.2, 0.25) is 25.6 Å². The molecule has 4 aromatic carbocycles. The summed E-state index contributed by atoms with van der Waals surface area (Å²) in [4.78, 5) is 62.2. The first-order valence-electron chi connectivity index (χ1n) is 19.9. The molecule has 314 valence electrons. The molecule has 8 bridgehead atoms. The molecule has 0 saturated carbocycles. The van der Waals surface area contributed by atoms with Crippen LogP contribution < -0.4 is 43.4 Å². The highest BCUT2D eigenvalue weighted by Crippen LogP contribution is 2.39. The Kier molecular flexibility index (Phi) is 11.3. The SMILES string of the molecule is O=CNNc1ccc(-c2c3nc(c(-c4ccc(NNC=O)cc4)c4ccc([nH]4)c(-c4ccc(NNC=O)cc4)c4nc(c(-c5ccc(NNC=O)cc5)c5ccc2[nH]5)C=C4)C=C3)cc1. The monoisotopic (exact) mass is 846 g/mol. The molecule has 0 radical (unpaired) electrons. The molecule has 7 aromatic rings. The van der Waals surface area contributed by atoms with E-state index < -0.39 is 0 Å². The van der Waals surface area contributed by atoms with E-state index in [1.165, 1.54) is 0 Å². The van der Waals surface area contributed by atoms with Crippen LogP contribution in [0.2, 0.25) is 0 Å². The summed E-state index contributed by atoms with van der Waals surface area (Å²) >= 11 is 0. The first-order valence-corrected chi connectivity index (χ1v) is 19.9. The highest BCUT2D eigenvalue weighted by atomic mass is 16.1. The van der Waals surface area contributed by atoms with Gasteiger partial charge in [-0.1, -0.05) is 48.5 Å². The Hall–Kier alpha value is -9.44. The lowest BCUT2D eigenvalue weighted by Crippen LogP contribution is -2.18. The van der Waals surface area contributed by atoms with Crippen LogP contribution in [0, 0.1) is 0 Å². The van der Waals surface area contributed by atoms with Gasteiger partial charge in [-0.3, -0.25) is 62.6 Å². The van der Waals surface area contributed by atoms with Crippen LogP contribution in [0.3, 0.4) is 0 Å². The standard InChI is InChI=1S/C48H38N12O4/c61-25-49-57-33-9-1-29(2-10-33)45-37-17-19-39(53-37)46(30-3-11-34(12-4-30)58-50-26-62)41-21-23-43(55-41)48(32-7-15-36(16-8-32)60-52-28-64)44-24-22-42(56-44)47(40-20-18-38(45)54-40)31-5-13-35(14-6-31)59-51-27-63/h1-28,53,56-60H,(H,49,61)(H,50,62)(H,51,63)(H,52,64). The van der Waals surface area contributed by atoms with Crippen molar-refractivity contribution >= 4 is 94.8 Å². The van der Waals surface area contributed by atoms with Gasteiger partial charge in [0.25, 0.3) is 0 Å². The predicted molar refractivity (Wildman–Crippen MR) is 252 cm³/mol. The number of amides is 4. The molecule has 0 atom stereocenters. The molecule has 4 amide bonds. The second kappa shape index (κ2) is 18.0. The first kappa shape index (κ1) is 40.0. The van der Waals surface area contributed by atoms with Gasteiger partial charge in [0.1, 0.15) is 0 Å². The fourth-order valence-corrected chi connectivity index (χ4v) is 7.75. The lowest BCUT2D eigenvalue weighted by Gasteiger charge is -2.09. The zero-order chi connectivity index (χ0) is 43.8. The van der Waals surface area contributed by atoms with Gasteiger partial charge in [0, 0.05) is 44.3 Å². The molecule has 3 aromatic heterocycles. The van der Waals surface area contributed by atoms with Crippen molar-refractivity contribution in [3.8, 4) is 44.5 Å². The Bertz CT molecular complexity index is 2710. The number of hydrazine groups is 4. The van der Waals surface area contributed by atoms with Gasteiger partial charge in [0.15, 0.2) is 0 Å². The van der Waals surface area contributed by atoms with Crippen molar-refractivity contribution in [1.82, 2.24) is 41.6 Å². The van der Waals surface area contributed by atoms with Crippen LogP contribution in [0.15, 0.2) is 121 Å². The van der Waals surface area contributed by atoms with Crippen molar-refractivity contribution in [3.05, 3.63) is 144 Å². The van der Waals surface area contributed by atoms with Gasteiger partial charge in [-0.05, 0) is 119 Å². The van der Waals surface area contributed by atoms with Gasteiger partial charge >= 0.3 is 0 Å². The summed E-state index contributed by atoms with van der Waals surface area (Å²) in [6, 6.07) is 38.8. The molecule has 0 aliphatic carbocycles. The number of hydrogen-bond acceptors (Lipinski definition) is 10. The fourth-order valence-electron chi connectivity index (χ4n) is 7.75. The van der Waals surface area contributed by atoms with Crippen molar-refractivity contribution in [2.24, 2.45) is 0 Å². The van der Waals surface area contributed by atoms with Crippen LogP contribution in [0.1, 0.15) is 22.8 Å². The minimum absolute atomic E-state index is 0.572. The van der Waals surface area contributed by atoms with Crippen LogP contribution in [0.25, 0.3) is 90.9 Å². The number of carbonyl (C=O) groups is 4. The number of nitrogens with one attached hydrogen (secondary N) is 10. The number of H-pyrrole nitrogens is 2. The summed E-state index contributed by atoms with van der Waals surface area (Å²) in [6.45, 7) is 0. The lowest BCUT2D eigenvalue weighted by molar-refractivity contribution is -0.109. The van der Waals surface area contributed by atoms with E-state index in [-0.39, 0.29) is 0 Å². The number of carbonyl (C=O) groups excluding carboxylic acids is 4. The number of fused-ring (bicyclic) bond motifs is 8. The number of aromatic amines is 2. The van der Waals surface area contributed by atoms with E-state index in [2.05, 4.69) is 53.4 Å². The highest BCUT2D eigenvalue weighted by molar-refractivity contribution is 6.00. The van der Waals surface area contributed by atoms with Crippen molar-refractivity contribution in [1.29, 1.82) is 0 Å². The second-order valence-electron chi connectivity index (χ2n) is 14.4. The molecule has 16 heteroatoms. The summed E-state index contributed by atoms with van der Waals surface area (Å²) in [5, 5.41) is 0. The zero-order valence-electron chi connectivity index (χ0n) is 33.7. The molecule has 16 nitrogen and oxygen atoms in total. The molecule has 64 heavy (non-hydrogen) atoms. The Morgan fingerprint density at radius 1 is 0.312 bits per heavy atom. The first-order chi connectivity index (χ1) is 31.5. The molecule has 0 spiro atoms. The number of anilines is 4. The van der Waals surface area contributed by atoms with Crippen molar-refractivity contribution < 1.29 is 19.2 Å². The van der Waals surface area contributed by atoms with Crippen LogP contribution in [-0.4, -0.2) is 45.6 Å². The molecule has 9 rings (SSSR count). The minimum atomic E-state index is 0.572. The average molecular weight is 847 g/mol. The van der Waals surface area contributed by atoms with E-state index in [0.717, 1.165) is 66.6 Å². The maximum Gasteiger partial charge on any atom is 0.225 e. The molecule has 10 N–H and O–H groups in total. The normalized spacial score (nSPS) is 11.2. The van der Waals surface area contributed by atoms with Crippen molar-refractivity contribution in [2.45, 2.75) is 0 Å². The smallest absolute Gasteiger partial charge is 0.225 e. The summed E-state index contributed by atoms with van der Waals surface area (Å²) in [5.74, 6) is 0. The molecule has 0 saturated heterocycles. The van der Waals surface area contributed by atoms with E-state index >= 15 is 0 Å². The van der Waals surface area contributed by atoms with Crippen molar-refractivity contribution in [3.63, 3.8) is 0 Å². The maximum atomic E-state index is 11.0. The van der Waals surface area contributed by atoms with Gasteiger partial charge in [-0.15, -0.1) is 0 Å². The molecule has 5 heterocycles. The van der Waals surface area contributed by atoms with Gasteiger partial charge in [-0.25, -0.2) is 9.97 Å². The molecule has 0 unspecified atom stereocenters. The summed E-state index contributed by atoms with van der Waals surface area (Å²) in [6.07, 6.45) is 10.3. The summed E-state index contributed by atoms with van der Waals surface area (Å²) < 4.78 is 0. The van der Waals surface area contributed by atoms with Crippen LogP contribution in [0.4, 0.5) is 22.7 Å². The number of hydrogen-bond donors (Lipinski definition) is 10. The third kappa shape index (κ3) is 8.20. The van der Waals surface area contributed by atoms with E-state index in [1.54, 1.807) is 0 Å². The molecule has 0 fully saturated rings. The van der Waals surface area contributed by atoms with E-state index in [0.29, 0.717) is 71.2 Å². The van der Waals surface area contributed by atoms with Crippen LogP contribution in [-0.2, 0) is 19.2 Å². The second-order valence-corrected chi connectivity index (χ2v) is 14.4. The molecular weight excluding hydrogens is 809 g/mol. The van der Waals surface area contributed by atoms with Gasteiger partial charge < -0.3 is 9.97 Å². The van der Waals surface area contributed by atoms with E-state index in [4.69, 9.17) is 9.97 Å². The average Bonchev–Trinajstić information content (AvgIpc) is 4.19. The summed E-state index contributed by atoms with van der Waals surface area (Å²) in [7, 11) is 0. The fraction of sp³-hybridized carbons (Fsp3) is 0. The highest BCUT2D eigenvalue weighted by Gasteiger charge is 2.19. The van der Waals surface area contributed by atoms with E-state index in [1.807, 2.05) is 146 Å². The van der Waals surface area contributed by atoms with Crippen LogP contribution >= 0.6 is 0 Å². The lowest BCUT2D eigenvalue weighted by atomic mass is 10.0. The quantitative estimate of drug-likeness (QED) is 0.0339. The number of nitrogens with zero attached hydrogens (tertiary/aromatic N) is 2. The van der Waals surface area contributed by atoms with Gasteiger partial charge in [0.05, 0.1) is 45.5 Å². The third-order valence-corrected chi connectivity index (χ3v) is 10.5. The Labute approximate surface area is 364 Å². The van der Waals surface area contributed by atoms with Crippen molar-refractivity contribution in [2.75, 3.05) is 21.7 Å². The number of benzene rings is 4. The largest absolute Gasteiger partial charge is 0.354 e. The van der Waals surface area contributed by atoms with Crippen LogP contribution in [0.5, 0.6) is 0 Å². The minimum Gasteiger partial charge on any atom is -0.354 e. The maximum absolute atomic E-state index is 11.0. The Morgan fingerprint density at radius 3 is 0.734 bits per heavy atom. The van der Waals surface area contributed by atoms with Gasteiger partial charge in [-0.2, -0.15) is 0 Å². The molecular formula is C48H38N12O4. The zero-order valence-corrected chi connectivity index (χ0v) is 33.7. The Morgan fingerprint density at radius 2 is 0.531 bits per heavy atom. The summed E-state index contributed by atoms with van der Waals surface area (Å²) in [5.41, 5.74) is 37.0. The number of aromatic nitrogens is 4. The Balaban J connectivity index is 1.36. The topological polar surface area (TPSA) is 222 Å². The predicted octanol–water partition coefficient (Wildman–Crippen LogP) is 7.62. The molecule has 2 aliphatic heterocycles.